The molecule has 76 valence electrons. The smallest absolute Gasteiger partial charge is 0.0605 e. The lowest BCUT2D eigenvalue weighted by Crippen LogP contribution is -2.24. The van der Waals surface area contributed by atoms with Crippen LogP contribution in [-0.2, 0) is 6.42 Å². The Hall–Kier alpha value is -0.860. The quantitative estimate of drug-likeness (QED) is 0.743. The van der Waals surface area contributed by atoms with Crippen LogP contribution in [0.1, 0.15) is 36.9 Å². The number of benzene rings is 1. The molecule has 14 heavy (non-hydrogen) atoms. The summed E-state index contributed by atoms with van der Waals surface area (Å²) in [6.45, 7) is 2.85. The highest BCUT2D eigenvalue weighted by Crippen LogP contribution is 2.34. The molecule has 0 fully saturated rings. The van der Waals surface area contributed by atoms with E-state index in [0.717, 1.165) is 25.8 Å². The van der Waals surface area contributed by atoms with Crippen molar-refractivity contribution in [1.29, 1.82) is 0 Å². The Morgan fingerprint density at radius 2 is 2.21 bits per heavy atom. The summed E-state index contributed by atoms with van der Waals surface area (Å²) in [6.07, 6.45) is 3.15. The fraction of sp³-hybridized carbons (Fsp3) is 0.500. The van der Waals surface area contributed by atoms with Crippen LogP contribution in [-0.4, -0.2) is 16.8 Å². The Kier molecular flexibility index (Phi) is 2.85. The molecular formula is C12H17NO. The van der Waals surface area contributed by atoms with Crippen molar-refractivity contribution in [2.75, 3.05) is 6.54 Å². The van der Waals surface area contributed by atoms with Gasteiger partial charge in [0.1, 0.15) is 0 Å². The van der Waals surface area contributed by atoms with Gasteiger partial charge >= 0.3 is 0 Å². The third-order valence-electron chi connectivity index (χ3n) is 2.91. The number of hydrogen-bond acceptors (Lipinski definition) is 2. The van der Waals surface area contributed by atoms with Crippen molar-refractivity contribution in [2.45, 2.75) is 32.2 Å². The highest BCUT2D eigenvalue weighted by Gasteiger charge is 2.25. The van der Waals surface area contributed by atoms with Crippen molar-refractivity contribution in [3.63, 3.8) is 0 Å². The van der Waals surface area contributed by atoms with Crippen LogP contribution in [0.2, 0.25) is 0 Å². The van der Waals surface area contributed by atoms with Gasteiger partial charge in [-0.3, -0.25) is 0 Å². The van der Waals surface area contributed by atoms with Gasteiger partial charge in [-0.25, -0.2) is 0 Å². The maximum Gasteiger partial charge on any atom is 0.0605 e. The minimum atomic E-state index is 0.228. The Morgan fingerprint density at radius 1 is 1.43 bits per heavy atom. The number of hydrogen-bond donors (Lipinski definition) is 1. The van der Waals surface area contributed by atoms with E-state index >= 15 is 0 Å². The molecule has 0 radical (unpaired) electrons. The minimum Gasteiger partial charge on any atom is -0.313 e. The summed E-state index contributed by atoms with van der Waals surface area (Å²) in [6, 6.07) is 8.65. The molecule has 0 amide bonds. The van der Waals surface area contributed by atoms with Crippen LogP contribution < -0.4 is 0 Å². The zero-order valence-electron chi connectivity index (χ0n) is 8.61. The zero-order chi connectivity index (χ0) is 9.97. The SMILES string of the molecule is CCCN(O)C1CCc2ccccc21. The van der Waals surface area contributed by atoms with Crippen molar-refractivity contribution >= 4 is 0 Å². The lowest BCUT2D eigenvalue weighted by Gasteiger charge is -2.22. The van der Waals surface area contributed by atoms with Gasteiger partial charge in [0.25, 0.3) is 0 Å². The second-order valence-corrected chi connectivity index (χ2v) is 3.92. The molecule has 1 unspecified atom stereocenters. The molecule has 1 atom stereocenters. The average molecular weight is 191 g/mol. The first-order valence-corrected chi connectivity index (χ1v) is 5.36. The van der Waals surface area contributed by atoms with E-state index in [0.29, 0.717) is 0 Å². The molecule has 0 aromatic heterocycles. The summed E-state index contributed by atoms with van der Waals surface area (Å²) < 4.78 is 0. The first kappa shape index (κ1) is 9.69. The Labute approximate surface area is 85.1 Å². The fourth-order valence-corrected chi connectivity index (χ4v) is 2.23. The van der Waals surface area contributed by atoms with Crippen molar-refractivity contribution < 1.29 is 5.21 Å². The summed E-state index contributed by atoms with van der Waals surface area (Å²) in [7, 11) is 0. The summed E-state index contributed by atoms with van der Waals surface area (Å²) in [5.41, 5.74) is 2.70. The molecule has 0 spiro atoms. The van der Waals surface area contributed by atoms with Crippen molar-refractivity contribution in [2.24, 2.45) is 0 Å². The molecule has 1 N–H and O–H groups in total. The monoisotopic (exact) mass is 191 g/mol. The molecule has 0 saturated heterocycles. The Morgan fingerprint density at radius 3 is 3.00 bits per heavy atom. The van der Waals surface area contributed by atoms with Gasteiger partial charge in [-0.05, 0) is 30.4 Å². The summed E-state index contributed by atoms with van der Waals surface area (Å²) in [5, 5.41) is 11.3. The summed E-state index contributed by atoms with van der Waals surface area (Å²) >= 11 is 0. The second kappa shape index (κ2) is 4.11. The van der Waals surface area contributed by atoms with Crippen molar-refractivity contribution in [3.8, 4) is 0 Å². The summed E-state index contributed by atoms with van der Waals surface area (Å²) in [5.74, 6) is 0. The molecule has 1 aliphatic carbocycles. The number of aryl methyl sites for hydroxylation is 1. The standard InChI is InChI=1S/C12H17NO/c1-2-9-13(14)12-8-7-10-5-3-4-6-11(10)12/h3-6,12,14H,2,7-9H2,1H3. The van der Waals surface area contributed by atoms with Gasteiger partial charge in [-0.1, -0.05) is 31.2 Å². The zero-order valence-corrected chi connectivity index (χ0v) is 8.61. The Balaban J connectivity index is 2.17. The van der Waals surface area contributed by atoms with Gasteiger partial charge in [-0.15, -0.1) is 0 Å². The van der Waals surface area contributed by atoms with Crippen molar-refractivity contribution in [1.82, 2.24) is 5.06 Å². The van der Waals surface area contributed by atoms with Gasteiger partial charge in [0.2, 0.25) is 0 Å². The second-order valence-electron chi connectivity index (χ2n) is 3.92. The topological polar surface area (TPSA) is 23.5 Å². The van der Waals surface area contributed by atoms with Crippen LogP contribution in [0.3, 0.4) is 0 Å². The highest BCUT2D eigenvalue weighted by molar-refractivity contribution is 5.34. The molecule has 0 saturated carbocycles. The molecule has 1 aromatic carbocycles. The normalized spacial score (nSPS) is 20.1. The van der Waals surface area contributed by atoms with E-state index in [4.69, 9.17) is 0 Å². The first-order valence-electron chi connectivity index (χ1n) is 5.36. The number of nitrogens with zero attached hydrogens (tertiary/aromatic N) is 1. The molecular weight excluding hydrogens is 174 g/mol. The first-order chi connectivity index (χ1) is 6.83. The number of hydroxylamine groups is 2. The summed E-state index contributed by atoms with van der Waals surface area (Å²) in [4.78, 5) is 0. The van der Waals surface area contributed by atoms with E-state index in [1.54, 1.807) is 0 Å². The molecule has 2 heteroatoms. The van der Waals surface area contributed by atoms with Crippen LogP contribution in [0, 0.1) is 0 Å². The largest absolute Gasteiger partial charge is 0.313 e. The number of fused-ring (bicyclic) bond motifs is 1. The molecule has 2 nitrogen and oxygen atoms in total. The molecule has 1 aliphatic rings. The third-order valence-corrected chi connectivity index (χ3v) is 2.91. The van der Waals surface area contributed by atoms with E-state index in [-0.39, 0.29) is 6.04 Å². The van der Waals surface area contributed by atoms with E-state index in [1.807, 2.05) is 0 Å². The van der Waals surface area contributed by atoms with Gasteiger partial charge in [0, 0.05) is 6.54 Å². The lowest BCUT2D eigenvalue weighted by molar-refractivity contribution is -0.128. The number of rotatable bonds is 3. The molecule has 0 aliphatic heterocycles. The predicted octanol–water partition coefficient (Wildman–Crippen LogP) is 2.78. The lowest BCUT2D eigenvalue weighted by atomic mass is 10.1. The van der Waals surface area contributed by atoms with E-state index in [2.05, 4.69) is 31.2 Å². The molecule has 2 rings (SSSR count). The van der Waals surface area contributed by atoms with Crippen LogP contribution in [0.5, 0.6) is 0 Å². The highest BCUT2D eigenvalue weighted by atomic mass is 16.5. The van der Waals surface area contributed by atoms with Gasteiger partial charge in [0.05, 0.1) is 6.04 Å². The van der Waals surface area contributed by atoms with Crippen LogP contribution >= 0.6 is 0 Å². The Bertz CT molecular complexity index is 311. The van der Waals surface area contributed by atoms with Crippen LogP contribution in [0.25, 0.3) is 0 Å². The molecule has 0 bridgehead atoms. The van der Waals surface area contributed by atoms with Gasteiger partial charge in [-0.2, -0.15) is 5.06 Å². The van der Waals surface area contributed by atoms with Crippen LogP contribution in [0.4, 0.5) is 0 Å². The maximum atomic E-state index is 9.83. The van der Waals surface area contributed by atoms with E-state index in [1.165, 1.54) is 16.2 Å². The fourth-order valence-electron chi connectivity index (χ4n) is 2.23. The predicted molar refractivity (Wildman–Crippen MR) is 56.3 cm³/mol. The van der Waals surface area contributed by atoms with E-state index < -0.39 is 0 Å². The van der Waals surface area contributed by atoms with Crippen molar-refractivity contribution in [3.05, 3.63) is 35.4 Å². The van der Waals surface area contributed by atoms with Crippen LogP contribution in [0.15, 0.2) is 24.3 Å². The third kappa shape index (κ3) is 1.68. The van der Waals surface area contributed by atoms with Gasteiger partial charge < -0.3 is 5.21 Å². The van der Waals surface area contributed by atoms with E-state index in [9.17, 15) is 5.21 Å². The maximum absolute atomic E-state index is 9.83. The van der Waals surface area contributed by atoms with Gasteiger partial charge in [0.15, 0.2) is 0 Å². The average Bonchev–Trinajstić information content (AvgIpc) is 2.61. The molecule has 0 heterocycles. The molecule has 1 aromatic rings. The minimum absolute atomic E-state index is 0.228.